The fourth-order valence-electron chi connectivity index (χ4n) is 2.71. The van der Waals surface area contributed by atoms with Gasteiger partial charge in [-0.15, -0.1) is 0 Å². The first kappa shape index (κ1) is 11.1. The van der Waals surface area contributed by atoms with Crippen molar-refractivity contribution in [2.75, 3.05) is 26.7 Å². The van der Waals surface area contributed by atoms with Crippen molar-refractivity contribution < 1.29 is 4.74 Å². The molecule has 0 bridgehead atoms. The summed E-state index contributed by atoms with van der Waals surface area (Å²) in [4.78, 5) is 2.32. The van der Waals surface area contributed by atoms with Gasteiger partial charge in [0.2, 0.25) is 0 Å². The van der Waals surface area contributed by atoms with Crippen LogP contribution in [0.1, 0.15) is 17.5 Å². The van der Waals surface area contributed by atoms with Crippen LogP contribution in [0, 0.1) is 0 Å². The van der Waals surface area contributed by atoms with Gasteiger partial charge >= 0.3 is 0 Å². The standard InChI is InChI=1S/C14H20N2O/c1-16-7-5-14(10-16)17-13-3-2-11-4-6-15-9-12(11)8-13/h2-3,8,14-15H,4-7,9-10H2,1H3/t14-/m0/s1. The lowest BCUT2D eigenvalue weighted by molar-refractivity contribution is 0.208. The maximum absolute atomic E-state index is 6.04. The van der Waals surface area contributed by atoms with Gasteiger partial charge in [-0.25, -0.2) is 0 Å². The van der Waals surface area contributed by atoms with E-state index in [9.17, 15) is 0 Å². The van der Waals surface area contributed by atoms with Gasteiger partial charge < -0.3 is 15.0 Å². The Hall–Kier alpha value is -1.06. The van der Waals surface area contributed by atoms with Crippen LogP contribution in [0.3, 0.4) is 0 Å². The van der Waals surface area contributed by atoms with Crippen molar-refractivity contribution in [2.45, 2.75) is 25.5 Å². The summed E-state index contributed by atoms with van der Waals surface area (Å²) in [6.07, 6.45) is 2.66. The number of nitrogens with one attached hydrogen (secondary N) is 1. The predicted octanol–water partition coefficient (Wildman–Crippen LogP) is 1.42. The van der Waals surface area contributed by atoms with Crippen LogP contribution in [0.4, 0.5) is 0 Å². The molecule has 3 heteroatoms. The van der Waals surface area contributed by atoms with E-state index in [1.807, 2.05) is 0 Å². The molecule has 0 amide bonds. The minimum atomic E-state index is 0.370. The van der Waals surface area contributed by atoms with Gasteiger partial charge in [-0.2, -0.15) is 0 Å². The van der Waals surface area contributed by atoms with Gasteiger partial charge in [-0.3, -0.25) is 0 Å². The highest BCUT2D eigenvalue weighted by molar-refractivity contribution is 5.37. The largest absolute Gasteiger partial charge is 0.489 e. The lowest BCUT2D eigenvalue weighted by Gasteiger charge is -2.19. The molecule has 0 unspecified atom stereocenters. The summed E-state index contributed by atoms with van der Waals surface area (Å²) in [7, 11) is 2.15. The van der Waals surface area contributed by atoms with Gasteiger partial charge in [0, 0.05) is 19.6 Å². The van der Waals surface area contributed by atoms with Crippen LogP contribution in [0.15, 0.2) is 18.2 Å². The first-order valence-electron chi connectivity index (χ1n) is 6.49. The summed E-state index contributed by atoms with van der Waals surface area (Å²) in [5.41, 5.74) is 2.87. The molecular weight excluding hydrogens is 212 g/mol. The van der Waals surface area contributed by atoms with E-state index in [-0.39, 0.29) is 0 Å². The average Bonchev–Trinajstić information content (AvgIpc) is 2.75. The lowest BCUT2D eigenvalue weighted by atomic mass is 10.0. The quantitative estimate of drug-likeness (QED) is 0.834. The van der Waals surface area contributed by atoms with E-state index in [1.54, 1.807) is 0 Å². The molecule has 2 aliphatic heterocycles. The number of ether oxygens (including phenoxy) is 1. The van der Waals surface area contributed by atoms with E-state index in [2.05, 4.69) is 35.5 Å². The zero-order chi connectivity index (χ0) is 11.7. The number of hydrogen-bond acceptors (Lipinski definition) is 3. The van der Waals surface area contributed by atoms with Crippen molar-refractivity contribution in [2.24, 2.45) is 0 Å². The first-order valence-corrected chi connectivity index (χ1v) is 6.49. The smallest absolute Gasteiger partial charge is 0.120 e. The molecule has 3 nitrogen and oxygen atoms in total. The Balaban J connectivity index is 1.71. The van der Waals surface area contributed by atoms with Crippen molar-refractivity contribution in [1.29, 1.82) is 0 Å². The van der Waals surface area contributed by atoms with Gasteiger partial charge in [0.15, 0.2) is 0 Å². The van der Waals surface area contributed by atoms with Crippen molar-refractivity contribution in [3.63, 3.8) is 0 Å². The maximum atomic E-state index is 6.04. The van der Waals surface area contributed by atoms with Crippen molar-refractivity contribution in [3.8, 4) is 5.75 Å². The lowest BCUT2D eigenvalue weighted by Crippen LogP contribution is -2.24. The second-order valence-electron chi connectivity index (χ2n) is 5.15. The molecule has 1 atom stereocenters. The van der Waals surface area contributed by atoms with Crippen LogP contribution < -0.4 is 10.1 Å². The van der Waals surface area contributed by atoms with Gasteiger partial charge in [0.05, 0.1) is 0 Å². The Bertz CT molecular complexity index is 405. The van der Waals surface area contributed by atoms with Crippen LogP contribution in [0.5, 0.6) is 5.75 Å². The van der Waals surface area contributed by atoms with Crippen LogP contribution in [0.25, 0.3) is 0 Å². The second kappa shape index (κ2) is 4.67. The molecule has 1 fully saturated rings. The summed E-state index contributed by atoms with van der Waals surface area (Å²) < 4.78 is 6.04. The van der Waals surface area contributed by atoms with Gasteiger partial charge in [0.1, 0.15) is 11.9 Å². The monoisotopic (exact) mass is 232 g/mol. The summed E-state index contributed by atoms with van der Waals surface area (Å²) in [6, 6.07) is 6.56. The van der Waals surface area contributed by atoms with Crippen LogP contribution in [0.2, 0.25) is 0 Å². The van der Waals surface area contributed by atoms with Crippen LogP contribution in [-0.4, -0.2) is 37.7 Å². The average molecular weight is 232 g/mol. The molecule has 2 heterocycles. The molecule has 0 spiro atoms. The molecule has 0 aliphatic carbocycles. The number of likely N-dealkylation sites (tertiary alicyclic amines) is 1. The molecule has 3 rings (SSSR count). The molecule has 17 heavy (non-hydrogen) atoms. The zero-order valence-corrected chi connectivity index (χ0v) is 10.4. The Labute approximate surface area is 103 Å². The molecule has 92 valence electrons. The van der Waals surface area contributed by atoms with E-state index in [0.29, 0.717) is 6.10 Å². The Kier molecular flexibility index (Phi) is 3.04. The number of nitrogens with zero attached hydrogens (tertiary/aromatic N) is 1. The molecule has 1 saturated heterocycles. The third-order valence-corrected chi connectivity index (χ3v) is 3.72. The van der Waals surface area contributed by atoms with E-state index < -0.39 is 0 Å². The minimum Gasteiger partial charge on any atom is -0.489 e. The first-order chi connectivity index (χ1) is 8.31. The van der Waals surface area contributed by atoms with E-state index >= 15 is 0 Å². The summed E-state index contributed by atoms with van der Waals surface area (Å²) in [5, 5.41) is 3.41. The van der Waals surface area contributed by atoms with E-state index in [0.717, 1.165) is 44.8 Å². The van der Waals surface area contributed by atoms with Crippen molar-refractivity contribution >= 4 is 0 Å². The van der Waals surface area contributed by atoms with Crippen LogP contribution >= 0.6 is 0 Å². The molecular formula is C14H20N2O. The highest BCUT2D eigenvalue weighted by Crippen LogP contribution is 2.23. The predicted molar refractivity (Wildman–Crippen MR) is 68.4 cm³/mol. The fourth-order valence-corrected chi connectivity index (χ4v) is 2.71. The third kappa shape index (κ3) is 2.45. The highest BCUT2D eigenvalue weighted by atomic mass is 16.5. The number of benzene rings is 1. The molecule has 2 aliphatic rings. The number of hydrogen-bond donors (Lipinski definition) is 1. The topological polar surface area (TPSA) is 24.5 Å². The Morgan fingerprint density at radius 2 is 2.29 bits per heavy atom. The van der Waals surface area contributed by atoms with Crippen molar-refractivity contribution in [1.82, 2.24) is 10.2 Å². The third-order valence-electron chi connectivity index (χ3n) is 3.72. The number of fused-ring (bicyclic) bond motifs is 1. The summed E-state index contributed by atoms with van der Waals surface area (Å²) in [5.74, 6) is 1.03. The number of rotatable bonds is 2. The van der Waals surface area contributed by atoms with E-state index in [4.69, 9.17) is 4.74 Å². The fraction of sp³-hybridized carbons (Fsp3) is 0.571. The normalized spacial score (nSPS) is 24.6. The number of likely N-dealkylation sites (N-methyl/N-ethyl adjacent to an activating group) is 1. The zero-order valence-electron chi connectivity index (χ0n) is 10.4. The second-order valence-corrected chi connectivity index (χ2v) is 5.15. The summed E-state index contributed by atoms with van der Waals surface area (Å²) >= 11 is 0. The molecule has 0 aromatic heterocycles. The molecule has 1 aromatic rings. The van der Waals surface area contributed by atoms with Crippen molar-refractivity contribution in [3.05, 3.63) is 29.3 Å². The molecule has 0 saturated carbocycles. The highest BCUT2D eigenvalue weighted by Gasteiger charge is 2.21. The SMILES string of the molecule is CN1CC[C@H](Oc2ccc3c(c2)CNCC3)C1. The van der Waals surface area contributed by atoms with Gasteiger partial charge in [-0.05, 0) is 49.7 Å². The van der Waals surface area contributed by atoms with Gasteiger partial charge in [0.25, 0.3) is 0 Å². The Morgan fingerprint density at radius 3 is 3.12 bits per heavy atom. The maximum Gasteiger partial charge on any atom is 0.120 e. The van der Waals surface area contributed by atoms with E-state index in [1.165, 1.54) is 11.1 Å². The minimum absolute atomic E-state index is 0.370. The molecule has 1 N–H and O–H groups in total. The molecule has 0 radical (unpaired) electrons. The van der Waals surface area contributed by atoms with Crippen LogP contribution in [-0.2, 0) is 13.0 Å². The molecule has 1 aromatic carbocycles. The summed E-state index contributed by atoms with van der Waals surface area (Å²) in [6.45, 7) is 4.28. The van der Waals surface area contributed by atoms with Gasteiger partial charge in [-0.1, -0.05) is 6.07 Å². The Morgan fingerprint density at radius 1 is 1.35 bits per heavy atom.